The number of ether oxygens (including phenoxy) is 1. The first-order valence-corrected chi connectivity index (χ1v) is 8.14. The van der Waals surface area contributed by atoms with E-state index in [9.17, 15) is 9.59 Å². The molecule has 0 bridgehead atoms. The number of aromatic nitrogens is 2. The topological polar surface area (TPSA) is 75.6 Å². The molecule has 25 heavy (non-hydrogen) atoms. The molecule has 1 aliphatic rings. The van der Waals surface area contributed by atoms with Crippen LogP contribution in [0.25, 0.3) is 0 Å². The molecule has 0 aromatic carbocycles. The Morgan fingerprint density at radius 1 is 1.04 bits per heavy atom. The number of carbonyl (C=O) groups is 2. The Bertz CT molecular complexity index is 726. The summed E-state index contributed by atoms with van der Waals surface area (Å²) in [6.07, 6.45) is 3.49. The van der Waals surface area contributed by atoms with Gasteiger partial charge in [0.15, 0.2) is 0 Å². The number of amides is 2. The summed E-state index contributed by atoms with van der Waals surface area (Å²) in [5.41, 5.74) is 1.28. The molecule has 3 heterocycles. The Labute approximate surface area is 146 Å². The van der Waals surface area contributed by atoms with Gasteiger partial charge in [-0.05, 0) is 18.2 Å². The summed E-state index contributed by atoms with van der Waals surface area (Å²) in [7, 11) is 1.53. The lowest BCUT2D eigenvalue weighted by molar-refractivity contribution is -0.132. The molecule has 7 nitrogen and oxygen atoms in total. The SMILES string of the molecule is COc1ccc(C(=O)N2CCN(C(=O)Cc3ccccn3)CC2)cn1. The van der Waals surface area contributed by atoms with Gasteiger partial charge in [-0.2, -0.15) is 0 Å². The first-order valence-electron chi connectivity index (χ1n) is 8.14. The average molecular weight is 340 g/mol. The highest BCUT2D eigenvalue weighted by Crippen LogP contribution is 2.12. The van der Waals surface area contributed by atoms with Gasteiger partial charge in [-0.25, -0.2) is 4.98 Å². The van der Waals surface area contributed by atoms with Crippen LogP contribution in [0.1, 0.15) is 16.1 Å². The fraction of sp³-hybridized carbons (Fsp3) is 0.333. The highest BCUT2D eigenvalue weighted by molar-refractivity contribution is 5.94. The second kappa shape index (κ2) is 7.74. The van der Waals surface area contributed by atoms with Crippen molar-refractivity contribution in [3.8, 4) is 5.88 Å². The van der Waals surface area contributed by atoms with E-state index < -0.39 is 0 Å². The smallest absolute Gasteiger partial charge is 0.255 e. The largest absolute Gasteiger partial charge is 0.481 e. The zero-order valence-electron chi connectivity index (χ0n) is 14.1. The third-order valence-corrected chi connectivity index (χ3v) is 4.17. The molecular weight excluding hydrogens is 320 g/mol. The second-order valence-corrected chi connectivity index (χ2v) is 5.76. The minimum atomic E-state index is -0.0769. The Kier molecular flexibility index (Phi) is 5.23. The van der Waals surface area contributed by atoms with Gasteiger partial charge in [0.05, 0.1) is 19.1 Å². The number of hydrogen-bond donors (Lipinski definition) is 0. The normalized spacial score (nSPS) is 14.3. The lowest BCUT2D eigenvalue weighted by Crippen LogP contribution is -2.51. The highest BCUT2D eigenvalue weighted by atomic mass is 16.5. The van der Waals surface area contributed by atoms with E-state index in [1.807, 2.05) is 18.2 Å². The zero-order chi connectivity index (χ0) is 17.6. The first kappa shape index (κ1) is 16.9. The number of hydrogen-bond acceptors (Lipinski definition) is 5. The highest BCUT2D eigenvalue weighted by Gasteiger charge is 2.25. The minimum Gasteiger partial charge on any atom is -0.481 e. The van der Waals surface area contributed by atoms with Crippen molar-refractivity contribution in [1.82, 2.24) is 19.8 Å². The van der Waals surface area contributed by atoms with Crippen LogP contribution in [0.5, 0.6) is 5.88 Å². The van der Waals surface area contributed by atoms with Crippen LogP contribution in [0, 0.1) is 0 Å². The van der Waals surface area contributed by atoms with Gasteiger partial charge < -0.3 is 14.5 Å². The van der Waals surface area contributed by atoms with Gasteiger partial charge in [0, 0.05) is 50.3 Å². The Hall–Kier alpha value is -2.96. The molecule has 2 aromatic rings. The van der Waals surface area contributed by atoms with Crippen molar-refractivity contribution in [2.75, 3.05) is 33.3 Å². The summed E-state index contributed by atoms with van der Waals surface area (Å²) in [6.45, 7) is 2.08. The lowest BCUT2D eigenvalue weighted by Gasteiger charge is -2.34. The quantitative estimate of drug-likeness (QED) is 0.830. The molecule has 2 amide bonds. The van der Waals surface area contributed by atoms with E-state index in [1.54, 1.807) is 28.1 Å². The molecule has 0 radical (unpaired) electrons. The van der Waals surface area contributed by atoms with Gasteiger partial charge in [-0.3, -0.25) is 14.6 Å². The molecular formula is C18H20N4O3. The summed E-state index contributed by atoms with van der Waals surface area (Å²) in [5, 5.41) is 0. The third-order valence-electron chi connectivity index (χ3n) is 4.17. The maximum absolute atomic E-state index is 12.5. The van der Waals surface area contributed by atoms with Crippen LogP contribution in [0.4, 0.5) is 0 Å². The van der Waals surface area contributed by atoms with Crippen LogP contribution in [0.2, 0.25) is 0 Å². The molecule has 0 aliphatic carbocycles. The maximum Gasteiger partial charge on any atom is 0.255 e. The fourth-order valence-electron chi connectivity index (χ4n) is 2.74. The summed E-state index contributed by atoms with van der Waals surface area (Å²) < 4.78 is 5.00. The van der Waals surface area contributed by atoms with E-state index in [1.165, 1.54) is 13.3 Å². The standard InChI is InChI=1S/C18H20N4O3/c1-25-16-6-5-14(13-20-16)18(24)22-10-8-21(9-11-22)17(23)12-15-4-2-3-7-19-15/h2-7,13H,8-12H2,1H3. The predicted molar refractivity (Wildman–Crippen MR) is 91.2 cm³/mol. The summed E-state index contributed by atoms with van der Waals surface area (Å²) in [5.74, 6) is 0.436. The zero-order valence-corrected chi connectivity index (χ0v) is 14.1. The van der Waals surface area contributed by atoms with E-state index in [0.29, 0.717) is 37.6 Å². The van der Waals surface area contributed by atoms with Crippen molar-refractivity contribution in [3.05, 3.63) is 54.0 Å². The van der Waals surface area contributed by atoms with E-state index in [4.69, 9.17) is 4.74 Å². The number of nitrogens with zero attached hydrogens (tertiary/aromatic N) is 4. The molecule has 3 rings (SSSR count). The van der Waals surface area contributed by atoms with Gasteiger partial charge in [-0.1, -0.05) is 6.07 Å². The molecule has 0 atom stereocenters. The third kappa shape index (κ3) is 4.12. The Morgan fingerprint density at radius 3 is 2.40 bits per heavy atom. The van der Waals surface area contributed by atoms with Crippen molar-refractivity contribution >= 4 is 11.8 Å². The van der Waals surface area contributed by atoms with Crippen LogP contribution < -0.4 is 4.74 Å². The maximum atomic E-state index is 12.5. The molecule has 1 aliphatic heterocycles. The summed E-state index contributed by atoms with van der Waals surface area (Å²) >= 11 is 0. The van der Waals surface area contributed by atoms with E-state index >= 15 is 0 Å². The van der Waals surface area contributed by atoms with E-state index in [-0.39, 0.29) is 18.2 Å². The van der Waals surface area contributed by atoms with Crippen molar-refractivity contribution in [1.29, 1.82) is 0 Å². The van der Waals surface area contributed by atoms with Gasteiger partial charge in [0.2, 0.25) is 11.8 Å². The fourth-order valence-corrected chi connectivity index (χ4v) is 2.74. The van der Waals surface area contributed by atoms with Crippen molar-refractivity contribution < 1.29 is 14.3 Å². The monoisotopic (exact) mass is 340 g/mol. The first-order chi connectivity index (χ1) is 12.2. The Morgan fingerprint density at radius 2 is 1.80 bits per heavy atom. The second-order valence-electron chi connectivity index (χ2n) is 5.76. The van der Waals surface area contributed by atoms with Crippen LogP contribution >= 0.6 is 0 Å². The molecule has 1 fully saturated rings. The van der Waals surface area contributed by atoms with Crippen LogP contribution in [-0.4, -0.2) is 64.9 Å². The molecule has 130 valence electrons. The van der Waals surface area contributed by atoms with Crippen molar-refractivity contribution in [2.45, 2.75) is 6.42 Å². The molecule has 0 N–H and O–H groups in total. The van der Waals surface area contributed by atoms with Gasteiger partial charge in [-0.15, -0.1) is 0 Å². The van der Waals surface area contributed by atoms with Crippen LogP contribution in [0.15, 0.2) is 42.7 Å². The van der Waals surface area contributed by atoms with E-state index in [2.05, 4.69) is 9.97 Å². The number of pyridine rings is 2. The predicted octanol–water partition coefficient (Wildman–Crippen LogP) is 1.01. The molecule has 2 aromatic heterocycles. The average Bonchev–Trinajstić information content (AvgIpc) is 2.68. The molecule has 0 unspecified atom stereocenters. The van der Waals surface area contributed by atoms with Gasteiger partial charge in [0.25, 0.3) is 5.91 Å². The molecule has 7 heteroatoms. The number of carbonyl (C=O) groups excluding carboxylic acids is 2. The van der Waals surface area contributed by atoms with Crippen LogP contribution in [-0.2, 0) is 11.2 Å². The van der Waals surface area contributed by atoms with Crippen molar-refractivity contribution in [3.63, 3.8) is 0 Å². The lowest BCUT2D eigenvalue weighted by atomic mass is 10.2. The number of rotatable bonds is 4. The molecule has 0 saturated carbocycles. The van der Waals surface area contributed by atoms with Gasteiger partial charge in [0.1, 0.15) is 0 Å². The van der Waals surface area contributed by atoms with Gasteiger partial charge >= 0.3 is 0 Å². The molecule has 1 saturated heterocycles. The van der Waals surface area contributed by atoms with Crippen LogP contribution in [0.3, 0.4) is 0 Å². The molecule has 0 spiro atoms. The number of piperazine rings is 1. The van der Waals surface area contributed by atoms with E-state index in [0.717, 1.165) is 5.69 Å². The summed E-state index contributed by atoms with van der Waals surface area (Å²) in [4.78, 5) is 36.6. The number of methoxy groups -OCH3 is 1. The summed E-state index contributed by atoms with van der Waals surface area (Å²) in [6, 6.07) is 8.91. The minimum absolute atomic E-state index is 0.0388. The van der Waals surface area contributed by atoms with Crippen molar-refractivity contribution in [2.24, 2.45) is 0 Å². The Balaban J connectivity index is 1.54.